The van der Waals surface area contributed by atoms with Crippen molar-refractivity contribution < 1.29 is 0 Å². The van der Waals surface area contributed by atoms with Gasteiger partial charge in [-0.1, -0.05) is 76.6 Å². The van der Waals surface area contributed by atoms with Crippen molar-refractivity contribution in [1.82, 2.24) is 0 Å². The molecule has 0 atom stereocenters. The molecule has 0 N–H and O–H groups in total. The maximum atomic E-state index is 3.70. The van der Waals surface area contributed by atoms with Crippen molar-refractivity contribution in [3.05, 3.63) is 71.2 Å². The van der Waals surface area contributed by atoms with Crippen LogP contribution >= 0.6 is 15.9 Å². The van der Waals surface area contributed by atoms with E-state index in [4.69, 9.17) is 0 Å². The normalized spacial score (nSPS) is 11.4. The highest BCUT2D eigenvalue weighted by Gasteiger charge is 2.07. The van der Waals surface area contributed by atoms with Gasteiger partial charge in [-0.3, -0.25) is 0 Å². The summed E-state index contributed by atoms with van der Waals surface area (Å²) in [6.07, 6.45) is 0. The van der Waals surface area contributed by atoms with Crippen LogP contribution in [0, 0.1) is 0 Å². The average molecular weight is 307 g/mol. The number of rotatable bonds is 0. The number of fused-ring (bicyclic) bond motifs is 5. The quantitative estimate of drug-likeness (QED) is 0.354. The van der Waals surface area contributed by atoms with E-state index < -0.39 is 0 Å². The molecule has 0 saturated carbocycles. The van der Waals surface area contributed by atoms with Crippen molar-refractivity contribution >= 4 is 48.2 Å². The number of hydrogen-bond acceptors (Lipinski definition) is 0. The van der Waals surface area contributed by atoms with Crippen LogP contribution < -0.4 is 0 Å². The van der Waals surface area contributed by atoms with E-state index in [0.29, 0.717) is 0 Å². The third-order valence-electron chi connectivity index (χ3n) is 3.70. The molecule has 0 spiro atoms. The first-order valence-corrected chi connectivity index (χ1v) is 7.12. The molecule has 4 aromatic carbocycles. The minimum absolute atomic E-state index is 1.16. The lowest BCUT2D eigenvalue weighted by molar-refractivity contribution is 1.74. The van der Waals surface area contributed by atoms with E-state index in [-0.39, 0.29) is 0 Å². The van der Waals surface area contributed by atoms with Crippen LogP contribution in [0.5, 0.6) is 0 Å². The monoisotopic (exact) mass is 306 g/mol. The minimum atomic E-state index is 1.16. The third-order valence-corrected chi connectivity index (χ3v) is 4.36. The van der Waals surface area contributed by atoms with Crippen LogP contribution in [0.4, 0.5) is 0 Å². The molecule has 0 saturated heterocycles. The lowest BCUT2D eigenvalue weighted by atomic mass is 9.97. The Hall–Kier alpha value is -1.86. The zero-order valence-corrected chi connectivity index (χ0v) is 11.8. The second kappa shape index (κ2) is 4.07. The van der Waals surface area contributed by atoms with Crippen molar-refractivity contribution in [2.75, 3.05) is 0 Å². The van der Waals surface area contributed by atoms with E-state index in [0.717, 1.165) is 4.47 Å². The molecule has 0 bridgehead atoms. The number of benzene rings is 4. The summed E-state index contributed by atoms with van der Waals surface area (Å²) in [6.45, 7) is 0. The van der Waals surface area contributed by atoms with Crippen molar-refractivity contribution in [2.24, 2.45) is 0 Å². The van der Waals surface area contributed by atoms with Crippen molar-refractivity contribution in [3.63, 3.8) is 0 Å². The molecule has 0 fully saturated rings. The predicted octanol–water partition coefficient (Wildman–Crippen LogP) is 5.91. The molecule has 0 aliphatic rings. The van der Waals surface area contributed by atoms with E-state index in [1.54, 1.807) is 0 Å². The maximum Gasteiger partial charge on any atom is 0.0260 e. The molecule has 0 heterocycles. The molecule has 0 unspecified atom stereocenters. The first-order valence-electron chi connectivity index (χ1n) is 6.33. The predicted molar refractivity (Wildman–Crippen MR) is 86.7 cm³/mol. The molecule has 0 aromatic heterocycles. The van der Waals surface area contributed by atoms with Crippen LogP contribution in [0.3, 0.4) is 0 Å². The van der Waals surface area contributed by atoms with Crippen molar-refractivity contribution in [3.8, 4) is 0 Å². The van der Waals surface area contributed by atoms with Gasteiger partial charge >= 0.3 is 0 Å². The largest absolute Gasteiger partial charge is 0.0616 e. The Morgan fingerprint density at radius 1 is 0.526 bits per heavy atom. The SMILES string of the molecule is Brc1cccc2ccc3ccc4ccccc4c3c12. The van der Waals surface area contributed by atoms with E-state index in [9.17, 15) is 0 Å². The summed E-state index contributed by atoms with van der Waals surface area (Å²) in [5, 5.41) is 7.81. The number of halogens is 1. The highest BCUT2D eigenvalue weighted by atomic mass is 79.9. The molecule has 0 aliphatic carbocycles. The zero-order chi connectivity index (χ0) is 12.8. The van der Waals surface area contributed by atoms with E-state index in [2.05, 4.69) is 82.7 Å². The summed E-state index contributed by atoms with van der Waals surface area (Å²) >= 11 is 3.70. The first-order chi connectivity index (χ1) is 9.34. The Morgan fingerprint density at radius 3 is 2.00 bits per heavy atom. The molecule has 90 valence electrons. The molecular weight excluding hydrogens is 296 g/mol. The zero-order valence-electron chi connectivity index (χ0n) is 10.2. The molecule has 0 aliphatic heterocycles. The lowest BCUT2D eigenvalue weighted by Gasteiger charge is -2.09. The van der Waals surface area contributed by atoms with Crippen LogP contribution in [-0.4, -0.2) is 0 Å². The molecule has 0 radical (unpaired) electrons. The van der Waals surface area contributed by atoms with Gasteiger partial charge in [0.25, 0.3) is 0 Å². The Labute approximate surface area is 119 Å². The lowest BCUT2D eigenvalue weighted by Crippen LogP contribution is -1.82. The first kappa shape index (κ1) is 11.0. The smallest absolute Gasteiger partial charge is 0.0260 e. The van der Waals surface area contributed by atoms with Gasteiger partial charge in [-0.25, -0.2) is 0 Å². The highest BCUT2D eigenvalue weighted by Crippen LogP contribution is 2.35. The molecule has 19 heavy (non-hydrogen) atoms. The van der Waals surface area contributed by atoms with Gasteiger partial charge in [0.05, 0.1) is 0 Å². The second-order valence-corrected chi connectivity index (χ2v) is 5.64. The summed E-state index contributed by atoms with van der Waals surface area (Å²) < 4.78 is 1.16. The van der Waals surface area contributed by atoms with Gasteiger partial charge in [0.15, 0.2) is 0 Å². The Balaban J connectivity index is 2.40. The van der Waals surface area contributed by atoms with Crippen molar-refractivity contribution in [2.45, 2.75) is 0 Å². The van der Waals surface area contributed by atoms with E-state index >= 15 is 0 Å². The van der Waals surface area contributed by atoms with Gasteiger partial charge in [-0.05, 0) is 33.0 Å². The summed E-state index contributed by atoms with van der Waals surface area (Å²) in [5.41, 5.74) is 0. The standard InChI is InChI=1S/C18H11Br/c19-16-7-3-5-13-10-11-14-9-8-12-4-1-2-6-15(12)17(14)18(13)16/h1-11H. The maximum absolute atomic E-state index is 3.70. The third kappa shape index (κ3) is 1.58. The fourth-order valence-corrected chi connectivity index (χ4v) is 3.41. The Bertz CT molecular complexity index is 917. The Kier molecular flexibility index (Phi) is 2.36. The van der Waals surface area contributed by atoms with Gasteiger partial charge in [0.2, 0.25) is 0 Å². The molecule has 1 heteroatoms. The molecule has 4 aromatic rings. The minimum Gasteiger partial charge on any atom is -0.0616 e. The van der Waals surface area contributed by atoms with Gasteiger partial charge < -0.3 is 0 Å². The van der Waals surface area contributed by atoms with E-state index in [1.165, 1.54) is 32.3 Å². The van der Waals surface area contributed by atoms with E-state index in [1.807, 2.05) is 0 Å². The Morgan fingerprint density at radius 2 is 1.16 bits per heavy atom. The van der Waals surface area contributed by atoms with Gasteiger partial charge in [-0.2, -0.15) is 0 Å². The number of hydrogen-bond donors (Lipinski definition) is 0. The van der Waals surface area contributed by atoms with Crippen LogP contribution in [-0.2, 0) is 0 Å². The van der Waals surface area contributed by atoms with Crippen LogP contribution in [0.15, 0.2) is 71.2 Å². The summed E-state index contributed by atoms with van der Waals surface area (Å²) in [5.74, 6) is 0. The summed E-state index contributed by atoms with van der Waals surface area (Å²) in [6, 6.07) is 23.7. The molecule has 4 rings (SSSR count). The topological polar surface area (TPSA) is 0 Å². The summed E-state index contributed by atoms with van der Waals surface area (Å²) in [7, 11) is 0. The highest BCUT2D eigenvalue weighted by molar-refractivity contribution is 9.10. The fraction of sp³-hybridized carbons (Fsp3) is 0. The molecule has 0 nitrogen and oxygen atoms in total. The van der Waals surface area contributed by atoms with Crippen LogP contribution in [0.25, 0.3) is 32.3 Å². The molecule has 0 amide bonds. The second-order valence-electron chi connectivity index (χ2n) is 4.79. The molecular formula is C18H11Br. The van der Waals surface area contributed by atoms with Gasteiger partial charge in [0.1, 0.15) is 0 Å². The van der Waals surface area contributed by atoms with Crippen LogP contribution in [0.2, 0.25) is 0 Å². The van der Waals surface area contributed by atoms with Crippen molar-refractivity contribution in [1.29, 1.82) is 0 Å². The average Bonchev–Trinajstić information content (AvgIpc) is 2.47. The van der Waals surface area contributed by atoms with Crippen LogP contribution in [0.1, 0.15) is 0 Å². The fourth-order valence-electron chi connectivity index (χ4n) is 2.83. The summed E-state index contributed by atoms with van der Waals surface area (Å²) in [4.78, 5) is 0. The van der Waals surface area contributed by atoms with Gasteiger partial charge in [-0.15, -0.1) is 0 Å². The van der Waals surface area contributed by atoms with Gasteiger partial charge in [0, 0.05) is 9.86 Å².